The van der Waals surface area contributed by atoms with Crippen LogP contribution >= 0.6 is 0 Å². The number of carbonyl (C=O) groups excluding carboxylic acids is 1. The van der Waals surface area contributed by atoms with E-state index in [1.54, 1.807) is 26.5 Å². The number of ether oxygens (including phenoxy) is 1. The zero-order chi connectivity index (χ0) is 21.5. The van der Waals surface area contributed by atoms with E-state index in [1.807, 2.05) is 40.1 Å². The minimum Gasteiger partial charge on any atom is -0.444 e. The van der Waals surface area contributed by atoms with Crippen molar-refractivity contribution in [3.63, 3.8) is 0 Å². The maximum absolute atomic E-state index is 12.5. The number of likely N-dealkylation sites (tertiary alicyclic amines) is 1. The Bertz CT molecular complexity index is 1060. The predicted molar refractivity (Wildman–Crippen MR) is 114 cm³/mol. The molecule has 30 heavy (non-hydrogen) atoms. The SMILES string of the molecule is Cn1cc(-c2cnn3c(N)cc(CC4CCCN(C(=O)OC(C)(C)C)C4)nc23)cn1. The Morgan fingerprint density at radius 2 is 2.10 bits per heavy atom. The fraction of sp³-hybridized carbons (Fsp3) is 0.524. The molecule has 3 aromatic heterocycles. The smallest absolute Gasteiger partial charge is 0.410 e. The van der Waals surface area contributed by atoms with Crippen LogP contribution in [0.1, 0.15) is 39.3 Å². The van der Waals surface area contributed by atoms with Crippen molar-refractivity contribution in [3.8, 4) is 11.1 Å². The Kier molecular flexibility index (Phi) is 5.13. The van der Waals surface area contributed by atoms with Crippen LogP contribution in [0.25, 0.3) is 16.8 Å². The lowest BCUT2D eigenvalue weighted by Gasteiger charge is -2.34. The van der Waals surface area contributed by atoms with E-state index in [4.69, 9.17) is 15.5 Å². The maximum atomic E-state index is 12.5. The molecule has 9 heteroatoms. The van der Waals surface area contributed by atoms with Crippen LogP contribution in [0.4, 0.5) is 10.6 Å². The molecule has 0 spiro atoms. The Morgan fingerprint density at radius 3 is 2.80 bits per heavy atom. The van der Waals surface area contributed by atoms with Gasteiger partial charge in [-0.2, -0.15) is 14.7 Å². The quantitative estimate of drug-likeness (QED) is 0.711. The normalized spacial score (nSPS) is 17.5. The summed E-state index contributed by atoms with van der Waals surface area (Å²) in [5.41, 5.74) is 9.24. The van der Waals surface area contributed by atoms with Gasteiger partial charge in [-0.25, -0.2) is 9.78 Å². The molecule has 1 aliphatic heterocycles. The number of amides is 1. The van der Waals surface area contributed by atoms with Crippen molar-refractivity contribution in [2.45, 2.75) is 45.6 Å². The number of anilines is 1. The summed E-state index contributed by atoms with van der Waals surface area (Å²) >= 11 is 0. The van der Waals surface area contributed by atoms with Gasteiger partial charge in [-0.15, -0.1) is 0 Å². The second-order valence-electron chi connectivity index (χ2n) is 9.01. The summed E-state index contributed by atoms with van der Waals surface area (Å²) < 4.78 is 8.94. The summed E-state index contributed by atoms with van der Waals surface area (Å²) in [5.74, 6) is 0.857. The molecule has 4 heterocycles. The lowest BCUT2D eigenvalue weighted by Crippen LogP contribution is -2.43. The molecule has 1 unspecified atom stereocenters. The number of carbonyl (C=O) groups is 1. The number of fused-ring (bicyclic) bond motifs is 1. The number of rotatable bonds is 3. The minimum absolute atomic E-state index is 0.246. The number of nitrogens with two attached hydrogens (primary N) is 1. The molecule has 3 aromatic rings. The first kappa shape index (κ1) is 20.2. The Labute approximate surface area is 175 Å². The Morgan fingerprint density at radius 1 is 1.30 bits per heavy atom. The van der Waals surface area contributed by atoms with Crippen molar-refractivity contribution in [2.75, 3.05) is 18.8 Å². The monoisotopic (exact) mass is 411 g/mol. The van der Waals surface area contributed by atoms with E-state index in [9.17, 15) is 4.79 Å². The zero-order valence-corrected chi connectivity index (χ0v) is 18.0. The van der Waals surface area contributed by atoms with Gasteiger partial charge in [-0.1, -0.05) is 0 Å². The maximum Gasteiger partial charge on any atom is 0.410 e. The molecular formula is C21H29N7O2. The van der Waals surface area contributed by atoms with Crippen molar-refractivity contribution >= 4 is 17.6 Å². The van der Waals surface area contributed by atoms with Crippen molar-refractivity contribution < 1.29 is 9.53 Å². The number of aromatic nitrogens is 5. The molecule has 1 amide bonds. The third-order valence-electron chi connectivity index (χ3n) is 5.24. The highest BCUT2D eigenvalue weighted by molar-refractivity contribution is 5.77. The van der Waals surface area contributed by atoms with Gasteiger partial charge in [0.2, 0.25) is 0 Å². The fourth-order valence-electron chi connectivity index (χ4n) is 3.93. The summed E-state index contributed by atoms with van der Waals surface area (Å²) in [5, 5.41) is 8.62. The minimum atomic E-state index is -0.490. The van der Waals surface area contributed by atoms with E-state index in [-0.39, 0.29) is 6.09 Å². The van der Waals surface area contributed by atoms with Crippen LogP contribution in [-0.4, -0.2) is 54.1 Å². The second kappa shape index (κ2) is 7.62. The third-order valence-corrected chi connectivity index (χ3v) is 5.24. The topological polar surface area (TPSA) is 104 Å². The van der Waals surface area contributed by atoms with Crippen molar-refractivity contribution in [3.05, 3.63) is 30.4 Å². The Hall–Kier alpha value is -3.10. The second-order valence-corrected chi connectivity index (χ2v) is 9.01. The average molecular weight is 412 g/mol. The summed E-state index contributed by atoms with van der Waals surface area (Å²) in [6.45, 7) is 7.06. The number of hydrogen-bond acceptors (Lipinski definition) is 6. The van der Waals surface area contributed by atoms with Gasteiger partial charge in [0, 0.05) is 49.2 Å². The fourth-order valence-corrected chi connectivity index (χ4v) is 3.93. The highest BCUT2D eigenvalue weighted by Crippen LogP contribution is 2.27. The van der Waals surface area contributed by atoms with Crippen LogP contribution in [0.15, 0.2) is 24.7 Å². The Balaban J connectivity index is 1.54. The van der Waals surface area contributed by atoms with Gasteiger partial charge in [0.25, 0.3) is 0 Å². The van der Waals surface area contributed by atoms with E-state index < -0.39 is 5.60 Å². The summed E-state index contributed by atoms with van der Waals surface area (Å²) in [6, 6.07) is 1.87. The van der Waals surface area contributed by atoms with Crippen molar-refractivity contribution in [1.82, 2.24) is 29.3 Å². The van der Waals surface area contributed by atoms with Gasteiger partial charge in [-0.3, -0.25) is 4.68 Å². The lowest BCUT2D eigenvalue weighted by atomic mass is 9.93. The van der Waals surface area contributed by atoms with E-state index >= 15 is 0 Å². The van der Waals surface area contributed by atoms with E-state index in [2.05, 4.69) is 10.2 Å². The molecule has 1 fully saturated rings. The molecule has 0 saturated carbocycles. The number of hydrogen-bond donors (Lipinski definition) is 1. The molecule has 1 atom stereocenters. The third kappa shape index (κ3) is 4.24. The van der Waals surface area contributed by atoms with Crippen LogP contribution in [0.3, 0.4) is 0 Å². The molecule has 2 N–H and O–H groups in total. The lowest BCUT2D eigenvalue weighted by molar-refractivity contribution is 0.0165. The number of nitrogens with zero attached hydrogens (tertiary/aromatic N) is 6. The van der Waals surface area contributed by atoms with Gasteiger partial charge in [0.15, 0.2) is 5.65 Å². The van der Waals surface area contributed by atoms with Crippen LogP contribution in [0.2, 0.25) is 0 Å². The van der Waals surface area contributed by atoms with E-state index in [0.717, 1.165) is 48.3 Å². The number of nitrogen functional groups attached to an aromatic ring is 1. The van der Waals surface area contributed by atoms with E-state index in [1.165, 1.54) is 0 Å². The molecule has 0 aromatic carbocycles. The first-order chi connectivity index (χ1) is 14.2. The molecule has 0 bridgehead atoms. The number of piperidine rings is 1. The van der Waals surface area contributed by atoms with Crippen LogP contribution in [-0.2, 0) is 18.2 Å². The molecule has 9 nitrogen and oxygen atoms in total. The van der Waals surface area contributed by atoms with Crippen molar-refractivity contribution in [1.29, 1.82) is 0 Å². The highest BCUT2D eigenvalue weighted by atomic mass is 16.6. The van der Waals surface area contributed by atoms with Crippen molar-refractivity contribution in [2.24, 2.45) is 13.0 Å². The van der Waals surface area contributed by atoms with Gasteiger partial charge in [0.1, 0.15) is 11.4 Å². The number of aryl methyl sites for hydroxylation is 1. The highest BCUT2D eigenvalue weighted by Gasteiger charge is 2.28. The first-order valence-electron chi connectivity index (χ1n) is 10.3. The van der Waals surface area contributed by atoms with E-state index in [0.29, 0.717) is 18.3 Å². The summed E-state index contributed by atoms with van der Waals surface area (Å²) in [4.78, 5) is 19.1. The molecule has 0 radical (unpaired) electrons. The molecular weight excluding hydrogens is 382 g/mol. The zero-order valence-electron chi connectivity index (χ0n) is 18.0. The largest absolute Gasteiger partial charge is 0.444 e. The molecule has 1 saturated heterocycles. The van der Waals surface area contributed by atoms with Crippen LogP contribution < -0.4 is 5.73 Å². The molecule has 0 aliphatic carbocycles. The first-order valence-corrected chi connectivity index (χ1v) is 10.3. The van der Waals surface area contributed by atoms with Gasteiger partial charge in [0.05, 0.1) is 12.4 Å². The summed E-state index contributed by atoms with van der Waals surface area (Å²) in [7, 11) is 1.88. The summed E-state index contributed by atoms with van der Waals surface area (Å²) in [6.07, 6.45) is 7.99. The van der Waals surface area contributed by atoms with Crippen LogP contribution in [0, 0.1) is 5.92 Å². The molecule has 4 rings (SSSR count). The molecule has 160 valence electrons. The van der Waals surface area contributed by atoms with Gasteiger partial charge >= 0.3 is 6.09 Å². The standard InChI is InChI=1S/C21H29N7O2/c1-21(2,3)30-20(29)27-7-5-6-14(12-27)8-16-9-18(22)28-19(25-16)17(11-24-28)15-10-23-26(4)13-15/h9-11,13-14H,5-8,12,22H2,1-4H3. The molecule has 1 aliphatic rings. The predicted octanol–water partition coefficient (Wildman–Crippen LogP) is 2.90. The van der Waals surface area contributed by atoms with Gasteiger partial charge < -0.3 is 15.4 Å². The average Bonchev–Trinajstić information content (AvgIpc) is 3.27. The van der Waals surface area contributed by atoms with Gasteiger partial charge in [-0.05, 0) is 46.0 Å². The van der Waals surface area contributed by atoms with Crippen LogP contribution in [0.5, 0.6) is 0 Å².